The SMILES string of the molecule is COc1ccc([C@H]2CC(=O)NC(SCc3ccc(Cl)cc3)=C2C#N)cc1Cl. The monoisotopic (exact) mass is 418 g/mol. The molecule has 1 heterocycles. The Morgan fingerprint density at radius 3 is 2.63 bits per heavy atom. The number of nitriles is 1. The van der Waals surface area contributed by atoms with Crippen molar-refractivity contribution in [1.82, 2.24) is 5.32 Å². The van der Waals surface area contributed by atoms with E-state index in [0.29, 0.717) is 32.1 Å². The molecule has 0 aromatic heterocycles. The Morgan fingerprint density at radius 1 is 1.26 bits per heavy atom. The quantitative estimate of drug-likeness (QED) is 0.717. The number of thioether (sulfide) groups is 1. The number of benzene rings is 2. The van der Waals surface area contributed by atoms with Crippen LogP contribution in [0.25, 0.3) is 0 Å². The summed E-state index contributed by atoms with van der Waals surface area (Å²) in [7, 11) is 1.54. The predicted molar refractivity (Wildman–Crippen MR) is 109 cm³/mol. The van der Waals surface area contributed by atoms with E-state index in [-0.39, 0.29) is 18.2 Å². The molecule has 0 spiro atoms. The van der Waals surface area contributed by atoms with Gasteiger partial charge in [0.05, 0.1) is 28.8 Å². The number of hydrogen-bond donors (Lipinski definition) is 1. The van der Waals surface area contributed by atoms with Crippen LogP contribution in [-0.4, -0.2) is 13.0 Å². The van der Waals surface area contributed by atoms with E-state index in [2.05, 4.69) is 11.4 Å². The largest absolute Gasteiger partial charge is 0.495 e. The zero-order valence-electron chi connectivity index (χ0n) is 14.5. The minimum absolute atomic E-state index is 0.121. The van der Waals surface area contributed by atoms with Crippen LogP contribution in [0, 0.1) is 11.3 Å². The molecule has 0 fully saturated rings. The second-order valence-electron chi connectivity index (χ2n) is 5.97. The number of nitrogens with one attached hydrogen (secondary N) is 1. The van der Waals surface area contributed by atoms with E-state index < -0.39 is 0 Å². The molecule has 1 amide bonds. The van der Waals surface area contributed by atoms with Crippen LogP contribution >= 0.6 is 35.0 Å². The van der Waals surface area contributed by atoms with Gasteiger partial charge in [0.15, 0.2) is 0 Å². The summed E-state index contributed by atoms with van der Waals surface area (Å²) in [5.41, 5.74) is 2.41. The van der Waals surface area contributed by atoms with Gasteiger partial charge in [0.25, 0.3) is 0 Å². The molecule has 0 radical (unpaired) electrons. The molecule has 0 bridgehead atoms. The van der Waals surface area contributed by atoms with Crippen LogP contribution in [0.2, 0.25) is 10.0 Å². The highest BCUT2D eigenvalue weighted by Crippen LogP contribution is 2.39. The van der Waals surface area contributed by atoms with Gasteiger partial charge >= 0.3 is 0 Å². The van der Waals surface area contributed by atoms with Crippen LogP contribution in [0.15, 0.2) is 53.1 Å². The van der Waals surface area contributed by atoms with Gasteiger partial charge < -0.3 is 10.1 Å². The third-order valence-electron chi connectivity index (χ3n) is 4.23. The Balaban J connectivity index is 1.89. The Bertz CT molecular complexity index is 936. The van der Waals surface area contributed by atoms with Gasteiger partial charge in [-0.15, -0.1) is 11.8 Å². The highest BCUT2D eigenvalue weighted by Gasteiger charge is 2.30. The van der Waals surface area contributed by atoms with Crippen molar-refractivity contribution in [1.29, 1.82) is 5.26 Å². The predicted octanol–water partition coefficient (Wildman–Crippen LogP) is 5.27. The zero-order valence-corrected chi connectivity index (χ0v) is 16.8. The molecule has 1 aliphatic rings. The van der Waals surface area contributed by atoms with E-state index in [1.165, 1.54) is 11.8 Å². The van der Waals surface area contributed by atoms with Gasteiger partial charge in [0, 0.05) is 23.1 Å². The number of hydrogen-bond acceptors (Lipinski definition) is 4. The van der Waals surface area contributed by atoms with E-state index in [9.17, 15) is 10.1 Å². The maximum Gasteiger partial charge on any atom is 0.225 e. The van der Waals surface area contributed by atoms with E-state index in [0.717, 1.165) is 11.1 Å². The van der Waals surface area contributed by atoms with Gasteiger partial charge in [-0.1, -0.05) is 41.4 Å². The van der Waals surface area contributed by atoms with Gasteiger partial charge in [-0.05, 0) is 35.4 Å². The second-order valence-corrected chi connectivity index (χ2v) is 7.80. The number of ether oxygens (including phenoxy) is 1. The van der Waals surface area contributed by atoms with E-state index in [1.807, 2.05) is 30.3 Å². The van der Waals surface area contributed by atoms with Gasteiger partial charge in [-0.3, -0.25) is 4.79 Å². The number of carbonyl (C=O) groups excluding carboxylic acids is 1. The van der Waals surface area contributed by atoms with Gasteiger partial charge in [-0.2, -0.15) is 5.26 Å². The van der Waals surface area contributed by atoms with Crippen molar-refractivity contribution < 1.29 is 9.53 Å². The van der Waals surface area contributed by atoms with Crippen LogP contribution < -0.4 is 10.1 Å². The molecule has 0 aliphatic carbocycles. The minimum Gasteiger partial charge on any atom is -0.495 e. The number of nitrogens with zero attached hydrogens (tertiary/aromatic N) is 1. The van der Waals surface area contributed by atoms with Crippen LogP contribution in [0.1, 0.15) is 23.5 Å². The lowest BCUT2D eigenvalue weighted by Crippen LogP contribution is -2.30. The molecule has 2 aromatic rings. The summed E-state index contributed by atoms with van der Waals surface area (Å²) < 4.78 is 5.18. The van der Waals surface area contributed by atoms with E-state index in [1.54, 1.807) is 19.2 Å². The molecule has 2 aromatic carbocycles. The van der Waals surface area contributed by atoms with Crippen molar-refractivity contribution in [2.75, 3.05) is 7.11 Å². The highest BCUT2D eigenvalue weighted by atomic mass is 35.5. The molecule has 138 valence electrons. The first-order chi connectivity index (χ1) is 13.0. The Kier molecular flexibility index (Phi) is 6.33. The van der Waals surface area contributed by atoms with Crippen molar-refractivity contribution in [3.05, 3.63) is 74.2 Å². The molecular formula is C20H16Cl2N2O2S. The molecule has 27 heavy (non-hydrogen) atoms. The Hall–Kier alpha value is -2.13. The maximum atomic E-state index is 12.2. The summed E-state index contributed by atoms with van der Waals surface area (Å²) in [6, 6.07) is 15.1. The average molecular weight is 419 g/mol. The average Bonchev–Trinajstić information content (AvgIpc) is 2.67. The fourth-order valence-corrected chi connectivity index (χ4v) is 4.28. The lowest BCUT2D eigenvalue weighted by atomic mass is 9.87. The number of rotatable bonds is 5. The highest BCUT2D eigenvalue weighted by molar-refractivity contribution is 8.02. The number of allylic oxidation sites excluding steroid dienone is 1. The van der Waals surface area contributed by atoms with E-state index in [4.69, 9.17) is 27.9 Å². The van der Waals surface area contributed by atoms with Crippen molar-refractivity contribution in [2.24, 2.45) is 0 Å². The first kappa shape index (κ1) is 19.6. The van der Waals surface area contributed by atoms with Gasteiger partial charge in [0.1, 0.15) is 5.75 Å². The molecule has 0 saturated heterocycles. The Morgan fingerprint density at radius 2 is 2.00 bits per heavy atom. The van der Waals surface area contributed by atoms with Crippen molar-refractivity contribution in [3.8, 4) is 11.8 Å². The molecule has 0 unspecified atom stereocenters. The fraction of sp³-hybridized carbons (Fsp3) is 0.200. The normalized spacial score (nSPS) is 16.7. The van der Waals surface area contributed by atoms with Crippen LogP contribution in [0.4, 0.5) is 0 Å². The summed E-state index contributed by atoms with van der Waals surface area (Å²) in [5.74, 6) is 0.721. The summed E-state index contributed by atoms with van der Waals surface area (Å²) in [6.07, 6.45) is 0.205. The maximum absolute atomic E-state index is 12.2. The molecule has 3 rings (SSSR count). The van der Waals surface area contributed by atoms with Gasteiger partial charge in [0.2, 0.25) is 5.91 Å². The van der Waals surface area contributed by atoms with Crippen molar-refractivity contribution in [2.45, 2.75) is 18.1 Å². The van der Waals surface area contributed by atoms with Crippen LogP contribution in [0.3, 0.4) is 0 Å². The Labute approximate surface area is 172 Å². The third-order valence-corrected chi connectivity index (χ3v) is 5.87. The van der Waals surface area contributed by atoms with E-state index >= 15 is 0 Å². The number of halogens is 2. The minimum atomic E-state index is -0.333. The standard InChI is InChI=1S/C20H16Cl2N2O2S/c1-26-18-7-4-13(8-17(18)22)15-9-19(25)24-20(16(15)10-23)27-11-12-2-5-14(21)6-3-12/h2-8,15H,9,11H2,1H3,(H,24,25)/t15-/m1/s1. The van der Waals surface area contributed by atoms with Crippen LogP contribution in [-0.2, 0) is 10.5 Å². The number of carbonyl (C=O) groups is 1. The molecule has 1 atom stereocenters. The molecule has 1 N–H and O–H groups in total. The fourth-order valence-electron chi connectivity index (χ4n) is 2.85. The number of methoxy groups -OCH3 is 1. The lowest BCUT2D eigenvalue weighted by molar-refractivity contribution is -0.120. The molecule has 4 nitrogen and oxygen atoms in total. The summed E-state index contributed by atoms with van der Waals surface area (Å²) in [6.45, 7) is 0. The van der Waals surface area contributed by atoms with Crippen molar-refractivity contribution >= 4 is 40.9 Å². The summed E-state index contributed by atoms with van der Waals surface area (Å²) in [5, 5.41) is 14.3. The molecular weight excluding hydrogens is 403 g/mol. The molecule has 1 aliphatic heterocycles. The topological polar surface area (TPSA) is 62.1 Å². The number of amides is 1. The second kappa shape index (κ2) is 8.71. The first-order valence-electron chi connectivity index (χ1n) is 8.16. The molecule has 0 saturated carbocycles. The molecule has 7 heteroatoms. The third kappa shape index (κ3) is 4.59. The lowest BCUT2D eigenvalue weighted by Gasteiger charge is -2.25. The zero-order chi connectivity index (χ0) is 19.4. The summed E-state index contributed by atoms with van der Waals surface area (Å²) in [4.78, 5) is 12.2. The first-order valence-corrected chi connectivity index (χ1v) is 9.90. The smallest absolute Gasteiger partial charge is 0.225 e. The summed E-state index contributed by atoms with van der Waals surface area (Å²) >= 11 is 13.6. The van der Waals surface area contributed by atoms with Crippen LogP contribution in [0.5, 0.6) is 5.75 Å². The van der Waals surface area contributed by atoms with Gasteiger partial charge in [-0.25, -0.2) is 0 Å². The van der Waals surface area contributed by atoms with Crippen molar-refractivity contribution in [3.63, 3.8) is 0 Å².